The Hall–Kier alpha value is -2.14. The maximum Gasteiger partial charge on any atom is 0.228 e. The number of nitrogens with zero attached hydrogens (tertiary/aromatic N) is 3. The standard InChI is InChI=1S/C19H25N3O2/c1-15(13-24-14-16-7-4-3-5-8-16)19(23)22-10-6-9-18(22)17-11-20-21(2)12-17/h3-5,7-8,11-12,15,18H,6,9-10,13-14H2,1-2H3/t15-,18+/m1/s1. The van der Waals surface area contributed by atoms with E-state index < -0.39 is 0 Å². The number of carbonyl (C=O) groups excluding carboxylic acids is 1. The van der Waals surface area contributed by atoms with Gasteiger partial charge in [-0.15, -0.1) is 0 Å². The number of likely N-dealkylation sites (tertiary alicyclic amines) is 1. The Kier molecular flexibility index (Phi) is 5.30. The van der Waals surface area contributed by atoms with Gasteiger partial charge in [-0.05, 0) is 18.4 Å². The van der Waals surface area contributed by atoms with Crippen molar-refractivity contribution in [1.82, 2.24) is 14.7 Å². The molecule has 1 amide bonds. The summed E-state index contributed by atoms with van der Waals surface area (Å²) in [5.74, 6) is 0.0420. The summed E-state index contributed by atoms with van der Waals surface area (Å²) >= 11 is 0. The predicted molar refractivity (Wildman–Crippen MR) is 92.2 cm³/mol. The predicted octanol–water partition coefficient (Wildman–Crippen LogP) is 2.94. The van der Waals surface area contributed by atoms with Crippen LogP contribution in [0.2, 0.25) is 0 Å². The number of ether oxygens (including phenoxy) is 1. The number of aromatic nitrogens is 2. The van der Waals surface area contributed by atoms with Crippen molar-refractivity contribution < 1.29 is 9.53 Å². The number of rotatable bonds is 6. The Labute approximate surface area is 143 Å². The molecule has 0 bridgehead atoms. The van der Waals surface area contributed by atoms with E-state index in [2.05, 4.69) is 5.10 Å². The molecule has 0 radical (unpaired) electrons. The van der Waals surface area contributed by atoms with Crippen molar-refractivity contribution in [3.05, 3.63) is 53.9 Å². The minimum absolute atomic E-state index is 0.133. The Balaban J connectivity index is 1.54. The molecule has 1 aliphatic rings. The second kappa shape index (κ2) is 7.62. The molecule has 0 saturated carbocycles. The lowest BCUT2D eigenvalue weighted by molar-refractivity contribution is -0.138. The molecule has 24 heavy (non-hydrogen) atoms. The van der Waals surface area contributed by atoms with Gasteiger partial charge in [-0.25, -0.2) is 0 Å². The topological polar surface area (TPSA) is 47.4 Å². The highest BCUT2D eigenvalue weighted by Crippen LogP contribution is 2.32. The van der Waals surface area contributed by atoms with Crippen LogP contribution < -0.4 is 0 Å². The van der Waals surface area contributed by atoms with E-state index in [-0.39, 0.29) is 17.9 Å². The zero-order valence-electron chi connectivity index (χ0n) is 14.4. The lowest BCUT2D eigenvalue weighted by atomic mass is 10.1. The molecule has 0 spiro atoms. The van der Waals surface area contributed by atoms with Crippen LogP contribution in [0.5, 0.6) is 0 Å². The van der Waals surface area contributed by atoms with Gasteiger partial charge in [0.2, 0.25) is 5.91 Å². The van der Waals surface area contributed by atoms with Crippen LogP contribution in [-0.4, -0.2) is 33.7 Å². The molecule has 1 fully saturated rings. The van der Waals surface area contributed by atoms with Gasteiger partial charge in [-0.1, -0.05) is 37.3 Å². The van der Waals surface area contributed by atoms with E-state index in [4.69, 9.17) is 4.74 Å². The molecule has 2 aromatic rings. The number of hydrogen-bond acceptors (Lipinski definition) is 3. The second-order valence-corrected chi connectivity index (χ2v) is 6.54. The fraction of sp³-hybridized carbons (Fsp3) is 0.474. The van der Waals surface area contributed by atoms with Crippen LogP contribution in [0.3, 0.4) is 0 Å². The minimum Gasteiger partial charge on any atom is -0.376 e. The fourth-order valence-electron chi connectivity index (χ4n) is 3.27. The molecule has 128 valence electrons. The van der Waals surface area contributed by atoms with Crippen molar-refractivity contribution in [2.24, 2.45) is 13.0 Å². The molecule has 3 rings (SSSR count). The van der Waals surface area contributed by atoms with Crippen molar-refractivity contribution >= 4 is 5.91 Å². The summed E-state index contributed by atoms with van der Waals surface area (Å²) in [6.45, 7) is 3.77. The molecule has 0 unspecified atom stereocenters. The van der Waals surface area contributed by atoms with E-state index in [9.17, 15) is 4.79 Å². The van der Waals surface area contributed by atoms with Gasteiger partial charge in [0, 0.05) is 25.4 Å². The normalized spacial score (nSPS) is 18.8. The largest absolute Gasteiger partial charge is 0.376 e. The summed E-state index contributed by atoms with van der Waals surface area (Å²) < 4.78 is 7.54. The number of hydrogen-bond donors (Lipinski definition) is 0. The van der Waals surface area contributed by atoms with Gasteiger partial charge in [-0.3, -0.25) is 9.48 Å². The van der Waals surface area contributed by atoms with Crippen LogP contribution in [0.1, 0.15) is 36.9 Å². The highest BCUT2D eigenvalue weighted by Gasteiger charge is 2.33. The summed E-state index contributed by atoms with van der Waals surface area (Å²) in [5, 5.41) is 4.24. The van der Waals surface area contributed by atoms with E-state index in [1.807, 2.05) is 61.6 Å². The lowest BCUT2D eigenvalue weighted by Crippen LogP contribution is -2.36. The summed E-state index contributed by atoms with van der Waals surface area (Å²) in [5.41, 5.74) is 2.26. The zero-order chi connectivity index (χ0) is 16.9. The first-order valence-electron chi connectivity index (χ1n) is 8.56. The molecule has 1 saturated heterocycles. The number of carbonyl (C=O) groups is 1. The quantitative estimate of drug-likeness (QED) is 0.819. The van der Waals surface area contributed by atoms with Crippen LogP contribution in [0.4, 0.5) is 0 Å². The van der Waals surface area contributed by atoms with Crippen LogP contribution in [0, 0.1) is 5.92 Å². The van der Waals surface area contributed by atoms with Crippen LogP contribution in [0.15, 0.2) is 42.7 Å². The zero-order valence-corrected chi connectivity index (χ0v) is 14.4. The number of benzene rings is 1. The Morgan fingerprint density at radius 2 is 2.17 bits per heavy atom. The second-order valence-electron chi connectivity index (χ2n) is 6.54. The first kappa shape index (κ1) is 16.7. The van der Waals surface area contributed by atoms with Crippen LogP contribution >= 0.6 is 0 Å². The maximum absolute atomic E-state index is 12.8. The molecule has 1 aliphatic heterocycles. The van der Waals surface area contributed by atoms with Gasteiger partial charge in [0.25, 0.3) is 0 Å². The molecular formula is C19H25N3O2. The molecule has 2 heterocycles. The van der Waals surface area contributed by atoms with Crippen molar-refractivity contribution in [3.8, 4) is 0 Å². The molecule has 0 N–H and O–H groups in total. The first-order chi connectivity index (χ1) is 11.6. The summed E-state index contributed by atoms with van der Waals surface area (Å²) in [6.07, 6.45) is 5.93. The Bertz CT molecular complexity index is 668. The molecular weight excluding hydrogens is 302 g/mol. The third-order valence-corrected chi connectivity index (χ3v) is 4.55. The first-order valence-corrected chi connectivity index (χ1v) is 8.56. The van der Waals surface area contributed by atoms with E-state index in [0.29, 0.717) is 13.2 Å². The average Bonchev–Trinajstić information content (AvgIpc) is 3.23. The lowest BCUT2D eigenvalue weighted by Gasteiger charge is -2.27. The molecule has 5 heteroatoms. The van der Waals surface area contributed by atoms with E-state index in [1.165, 1.54) is 0 Å². The summed E-state index contributed by atoms with van der Waals surface area (Å²) in [4.78, 5) is 14.8. The van der Waals surface area contributed by atoms with E-state index in [0.717, 1.165) is 30.5 Å². The minimum atomic E-state index is -0.133. The van der Waals surface area contributed by atoms with Gasteiger partial charge < -0.3 is 9.64 Å². The highest BCUT2D eigenvalue weighted by atomic mass is 16.5. The third kappa shape index (κ3) is 3.85. The summed E-state index contributed by atoms with van der Waals surface area (Å²) in [6, 6.07) is 10.2. The molecule has 1 aromatic heterocycles. The van der Waals surface area contributed by atoms with Crippen LogP contribution in [0.25, 0.3) is 0 Å². The van der Waals surface area contributed by atoms with Gasteiger partial charge in [-0.2, -0.15) is 5.10 Å². The van der Waals surface area contributed by atoms with Crippen molar-refractivity contribution in [1.29, 1.82) is 0 Å². The fourth-order valence-corrected chi connectivity index (χ4v) is 3.27. The van der Waals surface area contributed by atoms with Gasteiger partial charge in [0.05, 0.1) is 31.4 Å². The molecule has 0 aliphatic carbocycles. The van der Waals surface area contributed by atoms with Gasteiger partial charge in [0.1, 0.15) is 0 Å². The van der Waals surface area contributed by atoms with Crippen molar-refractivity contribution in [2.45, 2.75) is 32.4 Å². The van der Waals surface area contributed by atoms with Gasteiger partial charge >= 0.3 is 0 Å². The number of amides is 1. The number of aryl methyl sites for hydroxylation is 1. The van der Waals surface area contributed by atoms with E-state index in [1.54, 1.807) is 4.68 Å². The van der Waals surface area contributed by atoms with Crippen molar-refractivity contribution in [3.63, 3.8) is 0 Å². The molecule has 2 atom stereocenters. The monoisotopic (exact) mass is 327 g/mol. The SMILES string of the molecule is C[C@H](COCc1ccccc1)C(=O)N1CCC[C@H]1c1cnn(C)c1. The van der Waals surface area contributed by atoms with Crippen LogP contribution in [-0.2, 0) is 23.2 Å². The Morgan fingerprint density at radius 3 is 2.88 bits per heavy atom. The van der Waals surface area contributed by atoms with Gasteiger partial charge in [0.15, 0.2) is 0 Å². The summed E-state index contributed by atoms with van der Waals surface area (Å²) in [7, 11) is 1.91. The third-order valence-electron chi connectivity index (χ3n) is 4.55. The van der Waals surface area contributed by atoms with Crippen molar-refractivity contribution in [2.75, 3.05) is 13.2 Å². The molecule has 5 nitrogen and oxygen atoms in total. The van der Waals surface area contributed by atoms with E-state index >= 15 is 0 Å². The highest BCUT2D eigenvalue weighted by molar-refractivity contribution is 5.79. The Morgan fingerprint density at radius 1 is 1.38 bits per heavy atom. The molecule has 1 aromatic carbocycles. The smallest absolute Gasteiger partial charge is 0.228 e. The maximum atomic E-state index is 12.8. The average molecular weight is 327 g/mol.